The van der Waals surface area contributed by atoms with Gasteiger partial charge in [-0.2, -0.15) is 24.9 Å². The molecule has 7 heteroatoms. The zero-order valence-corrected chi connectivity index (χ0v) is 10.8. The van der Waals surface area contributed by atoms with Crippen molar-refractivity contribution in [1.82, 2.24) is 9.80 Å². The Morgan fingerprint density at radius 2 is 2.12 bits per heavy atom. The van der Waals surface area contributed by atoms with Crippen molar-refractivity contribution in [3.8, 4) is 0 Å². The van der Waals surface area contributed by atoms with Gasteiger partial charge in [0.05, 0.1) is 6.04 Å². The molecule has 0 aromatic carbocycles. The Kier molecular flexibility index (Phi) is 5.12. The maximum Gasteiger partial charge on any atom is 0.471 e. The molecule has 0 bridgehead atoms. The molecule has 0 radical (unpaired) electrons. The number of rotatable bonds is 2. The van der Waals surface area contributed by atoms with Crippen molar-refractivity contribution in [1.29, 1.82) is 0 Å². The summed E-state index contributed by atoms with van der Waals surface area (Å²) in [7, 11) is 3.59. The number of hydrogen-bond acceptors (Lipinski definition) is 3. The largest absolute Gasteiger partial charge is 0.471 e. The van der Waals surface area contributed by atoms with Crippen molar-refractivity contribution in [3.05, 3.63) is 0 Å². The molecule has 0 aliphatic carbocycles. The Balaban J connectivity index is 2.78. The molecule has 1 atom stereocenters. The second kappa shape index (κ2) is 5.95. The second-order valence-corrected chi connectivity index (χ2v) is 5.49. The van der Waals surface area contributed by atoms with E-state index in [2.05, 4.69) is 0 Å². The molecule has 1 amide bonds. The third-order valence-electron chi connectivity index (χ3n) is 2.52. The molecule has 1 aliphatic rings. The molecule has 0 aromatic rings. The Hall–Kier alpha value is -0.430. The standard InChI is InChI=1S/C10H17F3N2OS/c1-14(2)6-8-7-17-5-3-4-15(8)9(16)10(11,12)13/h8H,3-7H2,1-2H3. The number of carbonyl (C=O) groups excluding carboxylic acids is 1. The molecule has 1 aliphatic heterocycles. The summed E-state index contributed by atoms with van der Waals surface area (Å²) < 4.78 is 37.4. The normalized spacial score (nSPS) is 22.7. The fraction of sp³-hybridized carbons (Fsp3) is 0.900. The van der Waals surface area contributed by atoms with Gasteiger partial charge in [-0.1, -0.05) is 0 Å². The van der Waals surface area contributed by atoms with Gasteiger partial charge in [0.2, 0.25) is 0 Å². The first-order valence-electron chi connectivity index (χ1n) is 5.42. The van der Waals surface area contributed by atoms with Crippen molar-refractivity contribution >= 4 is 17.7 Å². The quantitative estimate of drug-likeness (QED) is 0.758. The number of alkyl halides is 3. The lowest BCUT2D eigenvalue weighted by molar-refractivity contribution is -0.187. The lowest BCUT2D eigenvalue weighted by Crippen LogP contribution is -2.51. The molecule has 100 valence electrons. The van der Waals surface area contributed by atoms with Gasteiger partial charge < -0.3 is 9.80 Å². The number of thioether (sulfide) groups is 1. The first-order chi connectivity index (χ1) is 7.82. The van der Waals surface area contributed by atoms with Crippen molar-refractivity contribution in [2.24, 2.45) is 0 Å². The summed E-state index contributed by atoms with van der Waals surface area (Å²) in [5.74, 6) is -0.321. The van der Waals surface area contributed by atoms with E-state index in [1.165, 1.54) is 0 Å². The summed E-state index contributed by atoms with van der Waals surface area (Å²) >= 11 is 1.61. The molecule has 1 unspecified atom stereocenters. The second-order valence-electron chi connectivity index (χ2n) is 4.34. The van der Waals surface area contributed by atoms with Crippen LogP contribution in [0.15, 0.2) is 0 Å². The fourth-order valence-corrected chi connectivity index (χ4v) is 2.89. The highest BCUT2D eigenvalue weighted by molar-refractivity contribution is 7.99. The minimum atomic E-state index is -4.76. The number of likely N-dealkylation sites (N-methyl/N-ethyl adjacent to an activating group) is 1. The maximum absolute atomic E-state index is 12.5. The topological polar surface area (TPSA) is 23.6 Å². The third kappa shape index (κ3) is 4.39. The van der Waals surface area contributed by atoms with Gasteiger partial charge in [0.15, 0.2) is 0 Å². The van der Waals surface area contributed by atoms with E-state index in [0.717, 1.165) is 10.7 Å². The van der Waals surface area contributed by atoms with Crippen LogP contribution >= 0.6 is 11.8 Å². The smallest absolute Gasteiger partial charge is 0.330 e. The molecule has 0 saturated carbocycles. The van der Waals surface area contributed by atoms with Gasteiger partial charge in [-0.25, -0.2) is 0 Å². The van der Waals surface area contributed by atoms with Gasteiger partial charge in [0.25, 0.3) is 0 Å². The first kappa shape index (κ1) is 14.6. The lowest BCUT2D eigenvalue weighted by atomic mass is 10.2. The highest BCUT2D eigenvalue weighted by Gasteiger charge is 2.44. The highest BCUT2D eigenvalue weighted by atomic mass is 32.2. The SMILES string of the molecule is CN(C)CC1CSCCCN1C(=O)C(F)(F)F. The van der Waals surface area contributed by atoms with E-state index in [-0.39, 0.29) is 12.6 Å². The van der Waals surface area contributed by atoms with Gasteiger partial charge in [-0.05, 0) is 26.3 Å². The van der Waals surface area contributed by atoms with Crippen LogP contribution in [-0.2, 0) is 4.79 Å². The van der Waals surface area contributed by atoms with Crippen LogP contribution in [0.3, 0.4) is 0 Å². The van der Waals surface area contributed by atoms with E-state index in [4.69, 9.17) is 0 Å². The first-order valence-corrected chi connectivity index (χ1v) is 6.58. The summed E-state index contributed by atoms with van der Waals surface area (Å²) in [5, 5.41) is 0. The average molecular weight is 270 g/mol. The van der Waals surface area contributed by atoms with Crippen LogP contribution in [0, 0.1) is 0 Å². The minimum Gasteiger partial charge on any atom is -0.330 e. The Morgan fingerprint density at radius 3 is 2.65 bits per heavy atom. The molecular formula is C10H17F3N2OS. The predicted molar refractivity (Wildman–Crippen MR) is 62.1 cm³/mol. The van der Waals surface area contributed by atoms with Gasteiger partial charge >= 0.3 is 12.1 Å². The van der Waals surface area contributed by atoms with Gasteiger partial charge in [-0.15, -0.1) is 0 Å². The van der Waals surface area contributed by atoms with Crippen LogP contribution in [-0.4, -0.2) is 66.6 Å². The minimum absolute atomic E-state index is 0.198. The molecule has 1 fully saturated rings. The van der Waals surface area contributed by atoms with Crippen LogP contribution in [0.4, 0.5) is 13.2 Å². The fourth-order valence-electron chi connectivity index (χ4n) is 1.83. The van der Waals surface area contributed by atoms with Crippen LogP contribution in [0.25, 0.3) is 0 Å². The van der Waals surface area contributed by atoms with Crippen molar-refractivity contribution in [2.75, 3.05) is 38.7 Å². The molecule has 17 heavy (non-hydrogen) atoms. The van der Waals surface area contributed by atoms with E-state index in [1.54, 1.807) is 25.9 Å². The number of halogens is 3. The molecule has 0 aromatic heterocycles. The van der Waals surface area contributed by atoms with E-state index >= 15 is 0 Å². The molecule has 1 heterocycles. The van der Waals surface area contributed by atoms with Gasteiger partial charge in [0, 0.05) is 18.8 Å². The predicted octanol–water partition coefficient (Wildman–Crippen LogP) is 1.44. The average Bonchev–Trinajstić information content (AvgIpc) is 2.40. The summed E-state index contributed by atoms with van der Waals surface area (Å²) in [4.78, 5) is 14.1. The molecular weight excluding hydrogens is 253 g/mol. The molecule has 3 nitrogen and oxygen atoms in total. The lowest BCUT2D eigenvalue weighted by Gasteiger charge is -2.32. The van der Waals surface area contributed by atoms with Gasteiger partial charge in [-0.3, -0.25) is 4.79 Å². The summed E-state index contributed by atoms with van der Waals surface area (Å²) in [6.07, 6.45) is -4.14. The van der Waals surface area contributed by atoms with Crippen molar-refractivity contribution in [3.63, 3.8) is 0 Å². The zero-order chi connectivity index (χ0) is 13.1. The van der Waals surface area contributed by atoms with Crippen LogP contribution in [0.5, 0.6) is 0 Å². The van der Waals surface area contributed by atoms with Crippen LogP contribution in [0.1, 0.15) is 6.42 Å². The van der Waals surface area contributed by atoms with E-state index in [9.17, 15) is 18.0 Å². The molecule has 0 N–H and O–H groups in total. The monoisotopic (exact) mass is 270 g/mol. The molecule has 1 saturated heterocycles. The van der Waals surface area contributed by atoms with E-state index < -0.39 is 12.1 Å². The Morgan fingerprint density at radius 1 is 1.47 bits per heavy atom. The summed E-state index contributed by atoms with van der Waals surface area (Å²) in [5.41, 5.74) is 0. The Bertz CT molecular complexity index is 271. The molecule has 0 spiro atoms. The van der Waals surface area contributed by atoms with Crippen molar-refractivity contribution < 1.29 is 18.0 Å². The van der Waals surface area contributed by atoms with Crippen LogP contribution < -0.4 is 0 Å². The molecule has 1 rings (SSSR count). The number of nitrogens with zero attached hydrogens (tertiary/aromatic N) is 2. The number of amides is 1. The maximum atomic E-state index is 12.5. The number of hydrogen-bond donors (Lipinski definition) is 0. The highest BCUT2D eigenvalue weighted by Crippen LogP contribution is 2.24. The van der Waals surface area contributed by atoms with Crippen LogP contribution in [0.2, 0.25) is 0 Å². The van der Waals surface area contributed by atoms with Gasteiger partial charge in [0.1, 0.15) is 0 Å². The zero-order valence-electron chi connectivity index (χ0n) is 9.96. The van der Waals surface area contributed by atoms with E-state index in [1.807, 2.05) is 4.90 Å². The van der Waals surface area contributed by atoms with E-state index in [0.29, 0.717) is 18.7 Å². The third-order valence-corrected chi connectivity index (χ3v) is 3.72. The summed E-state index contributed by atoms with van der Waals surface area (Å²) in [6, 6.07) is -0.355. The summed E-state index contributed by atoms with van der Waals surface area (Å²) in [6.45, 7) is 0.665. The van der Waals surface area contributed by atoms with Crippen molar-refractivity contribution in [2.45, 2.75) is 18.6 Å². The Labute approximate surface area is 103 Å². The number of carbonyl (C=O) groups is 1.